The number of hydrogen-bond donors (Lipinski definition) is 3. The van der Waals surface area contributed by atoms with Crippen molar-refractivity contribution >= 4 is 38.7 Å². The first-order chi connectivity index (χ1) is 15.4. The summed E-state index contributed by atoms with van der Waals surface area (Å²) in [6, 6.07) is 4.16. The number of hydrogen-bond acceptors (Lipinski definition) is 8. The Morgan fingerprint density at radius 1 is 1.15 bits per heavy atom. The van der Waals surface area contributed by atoms with Crippen LogP contribution in [-0.2, 0) is 16.4 Å². The monoisotopic (exact) mass is 493 g/mol. The summed E-state index contributed by atoms with van der Waals surface area (Å²) in [6.07, 6.45) is 3.29. The molecule has 33 heavy (non-hydrogen) atoms. The van der Waals surface area contributed by atoms with E-state index in [1.54, 1.807) is 6.26 Å². The zero-order chi connectivity index (χ0) is 24.3. The molecule has 1 heterocycles. The second-order valence-corrected chi connectivity index (χ2v) is 11.5. The highest BCUT2D eigenvalue weighted by Gasteiger charge is 2.40. The molecular weight excluding hydrogens is 470 g/mol. The van der Waals surface area contributed by atoms with Crippen LogP contribution in [0.5, 0.6) is 5.75 Å². The lowest BCUT2D eigenvalue weighted by Gasteiger charge is -2.38. The molecule has 1 aromatic heterocycles. The van der Waals surface area contributed by atoms with E-state index in [0.717, 1.165) is 22.7 Å². The number of aryl methyl sites for hydroxylation is 1. The summed E-state index contributed by atoms with van der Waals surface area (Å²) >= 11 is 6.04. The molecule has 1 aliphatic carbocycles. The predicted octanol–water partition coefficient (Wildman–Crippen LogP) is 3.35. The molecule has 0 saturated heterocycles. The maximum atomic E-state index is 12.6. The SMILES string of the molecule is CN(C)S(=O)(=O)c1c(Cl)ccc(Nc2c(NC3c4occc4CCC3(C)C)c(=O)c2=O)c1O. The number of aromatic hydroxyl groups is 1. The molecule has 9 nitrogen and oxygen atoms in total. The second-order valence-electron chi connectivity index (χ2n) is 8.97. The van der Waals surface area contributed by atoms with E-state index in [0.29, 0.717) is 5.76 Å². The third-order valence-corrected chi connectivity index (χ3v) is 8.46. The van der Waals surface area contributed by atoms with Gasteiger partial charge in [0.05, 0.1) is 23.0 Å². The van der Waals surface area contributed by atoms with E-state index < -0.39 is 31.5 Å². The number of phenolic OH excluding ortho intramolecular Hbond substituents is 1. The number of fused-ring (bicyclic) bond motifs is 1. The molecule has 1 atom stereocenters. The van der Waals surface area contributed by atoms with Crippen molar-refractivity contribution < 1.29 is 17.9 Å². The summed E-state index contributed by atoms with van der Waals surface area (Å²) in [7, 11) is -1.46. The molecule has 3 N–H and O–H groups in total. The first kappa shape index (κ1) is 23.3. The van der Waals surface area contributed by atoms with Crippen LogP contribution in [0.3, 0.4) is 0 Å². The number of rotatable bonds is 6. The number of phenols is 1. The summed E-state index contributed by atoms with van der Waals surface area (Å²) in [6.45, 7) is 4.08. The lowest BCUT2D eigenvalue weighted by Crippen LogP contribution is -2.41. The zero-order valence-electron chi connectivity index (χ0n) is 18.5. The van der Waals surface area contributed by atoms with Gasteiger partial charge in [-0.3, -0.25) is 9.59 Å². The van der Waals surface area contributed by atoms with Gasteiger partial charge in [0, 0.05) is 14.1 Å². The average molecular weight is 494 g/mol. The van der Waals surface area contributed by atoms with E-state index in [-0.39, 0.29) is 33.5 Å². The molecule has 0 fully saturated rings. The Morgan fingerprint density at radius 3 is 2.48 bits per heavy atom. The number of sulfonamides is 1. The quantitative estimate of drug-likeness (QED) is 0.352. The minimum absolute atomic E-state index is 0.0497. The van der Waals surface area contributed by atoms with Gasteiger partial charge in [0.25, 0.3) is 10.9 Å². The third kappa shape index (κ3) is 3.71. The van der Waals surface area contributed by atoms with Crippen LogP contribution >= 0.6 is 11.6 Å². The summed E-state index contributed by atoms with van der Waals surface area (Å²) < 4.78 is 31.8. The Bertz CT molecular complexity index is 1420. The van der Waals surface area contributed by atoms with E-state index in [4.69, 9.17) is 16.0 Å². The summed E-state index contributed by atoms with van der Waals surface area (Å²) in [5, 5.41) is 16.4. The number of benzene rings is 1. The van der Waals surface area contributed by atoms with E-state index in [2.05, 4.69) is 10.6 Å². The first-order valence-corrected chi connectivity index (χ1v) is 12.0. The molecule has 0 aliphatic heterocycles. The highest BCUT2D eigenvalue weighted by molar-refractivity contribution is 7.89. The van der Waals surface area contributed by atoms with Crippen molar-refractivity contribution in [2.24, 2.45) is 5.41 Å². The van der Waals surface area contributed by atoms with Crippen LogP contribution < -0.4 is 21.5 Å². The zero-order valence-corrected chi connectivity index (χ0v) is 20.1. The molecule has 1 unspecified atom stereocenters. The molecule has 0 saturated carbocycles. The highest BCUT2D eigenvalue weighted by atomic mass is 35.5. The molecule has 4 rings (SSSR count). The van der Waals surface area contributed by atoms with Crippen LogP contribution in [0.25, 0.3) is 0 Å². The third-order valence-electron chi connectivity index (χ3n) is 6.14. The molecular formula is C22H24ClN3O6S. The highest BCUT2D eigenvalue weighted by Crippen LogP contribution is 2.46. The Labute approximate surface area is 195 Å². The standard InChI is InChI=1S/C22H24ClN3O6S/c1-22(2)9-7-11-8-10-32-19(11)21(22)25-15-14(17(28)18(15)29)24-13-6-5-12(23)20(16(13)27)33(30,31)26(3)4/h5-6,8,10,21,24-25,27H,7,9H2,1-4H3. The maximum Gasteiger partial charge on any atom is 0.253 e. The van der Waals surface area contributed by atoms with Crippen LogP contribution in [0.15, 0.2) is 43.4 Å². The van der Waals surface area contributed by atoms with Crippen molar-refractivity contribution in [3.8, 4) is 5.75 Å². The van der Waals surface area contributed by atoms with Gasteiger partial charge in [0.1, 0.15) is 22.0 Å². The maximum absolute atomic E-state index is 12.6. The van der Waals surface area contributed by atoms with Gasteiger partial charge in [-0.2, -0.15) is 0 Å². The molecule has 0 amide bonds. The Morgan fingerprint density at radius 2 is 1.82 bits per heavy atom. The molecule has 2 aromatic carbocycles. The van der Waals surface area contributed by atoms with E-state index in [1.165, 1.54) is 26.2 Å². The fourth-order valence-corrected chi connectivity index (χ4v) is 5.51. The number of halogens is 1. The lowest BCUT2D eigenvalue weighted by atomic mass is 9.73. The lowest BCUT2D eigenvalue weighted by molar-refractivity contribution is 0.234. The molecule has 3 aromatic rings. The van der Waals surface area contributed by atoms with E-state index >= 15 is 0 Å². The Kier molecular flexibility index (Phi) is 5.58. The van der Waals surface area contributed by atoms with E-state index in [9.17, 15) is 23.1 Å². The number of furan rings is 1. The van der Waals surface area contributed by atoms with Crippen LogP contribution in [0, 0.1) is 5.41 Å². The summed E-state index contributed by atoms with van der Waals surface area (Å²) in [5.74, 6) is 0.0560. The van der Waals surface area contributed by atoms with Crippen LogP contribution in [0.2, 0.25) is 5.02 Å². The molecule has 0 spiro atoms. The molecule has 0 radical (unpaired) electrons. The number of anilines is 3. The van der Waals surface area contributed by atoms with Crippen molar-refractivity contribution in [3.05, 3.63) is 61.3 Å². The minimum atomic E-state index is -4.07. The van der Waals surface area contributed by atoms with Gasteiger partial charge in [-0.15, -0.1) is 0 Å². The smallest absolute Gasteiger partial charge is 0.253 e. The predicted molar refractivity (Wildman–Crippen MR) is 126 cm³/mol. The van der Waals surface area contributed by atoms with Crippen molar-refractivity contribution in [2.45, 2.75) is 37.6 Å². The van der Waals surface area contributed by atoms with Gasteiger partial charge in [0.15, 0.2) is 5.75 Å². The first-order valence-electron chi connectivity index (χ1n) is 10.2. The average Bonchev–Trinajstić information content (AvgIpc) is 3.21. The molecule has 1 aliphatic rings. The van der Waals surface area contributed by atoms with Gasteiger partial charge in [-0.25, -0.2) is 12.7 Å². The summed E-state index contributed by atoms with van der Waals surface area (Å²) in [5.41, 5.74) is -0.810. The van der Waals surface area contributed by atoms with Crippen molar-refractivity contribution in [3.63, 3.8) is 0 Å². The fraction of sp³-hybridized carbons (Fsp3) is 0.364. The van der Waals surface area contributed by atoms with E-state index in [1.807, 2.05) is 19.9 Å². The Balaban J connectivity index is 1.72. The fourth-order valence-electron chi connectivity index (χ4n) is 4.03. The number of nitrogens with zero attached hydrogens (tertiary/aromatic N) is 1. The van der Waals surface area contributed by atoms with Crippen molar-refractivity contribution in [2.75, 3.05) is 24.7 Å². The van der Waals surface area contributed by atoms with Gasteiger partial charge >= 0.3 is 0 Å². The van der Waals surface area contributed by atoms with Crippen LogP contribution in [0.4, 0.5) is 17.1 Å². The summed E-state index contributed by atoms with van der Waals surface area (Å²) in [4.78, 5) is 24.3. The minimum Gasteiger partial charge on any atom is -0.504 e. The van der Waals surface area contributed by atoms with Crippen LogP contribution in [-0.4, -0.2) is 31.9 Å². The molecule has 11 heteroatoms. The Hall–Kier alpha value is -2.82. The normalized spacial score (nSPS) is 17.8. The van der Waals surface area contributed by atoms with Gasteiger partial charge < -0.3 is 20.2 Å². The van der Waals surface area contributed by atoms with Gasteiger partial charge in [0.2, 0.25) is 10.0 Å². The molecule has 176 valence electrons. The largest absolute Gasteiger partial charge is 0.504 e. The molecule has 0 bridgehead atoms. The van der Waals surface area contributed by atoms with Crippen molar-refractivity contribution in [1.82, 2.24) is 4.31 Å². The number of nitrogens with one attached hydrogen (secondary N) is 2. The van der Waals surface area contributed by atoms with Gasteiger partial charge in [-0.05, 0) is 42.0 Å². The topological polar surface area (TPSA) is 129 Å². The second kappa shape index (κ2) is 7.89. The van der Waals surface area contributed by atoms with Crippen molar-refractivity contribution in [1.29, 1.82) is 0 Å². The van der Waals surface area contributed by atoms with Crippen LogP contribution in [0.1, 0.15) is 37.6 Å². The van der Waals surface area contributed by atoms with Gasteiger partial charge in [-0.1, -0.05) is 25.4 Å².